The molecule has 0 amide bonds. The van der Waals surface area contributed by atoms with E-state index in [-0.39, 0.29) is 68.8 Å². The van der Waals surface area contributed by atoms with Crippen LogP contribution in [0.15, 0.2) is 17.9 Å². The van der Waals surface area contributed by atoms with Crippen LogP contribution in [-0.2, 0) is 4.79 Å². The van der Waals surface area contributed by atoms with E-state index in [0.29, 0.717) is 0 Å². The van der Waals surface area contributed by atoms with E-state index in [1.807, 2.05) is 0 Å². The van der Waals surface area contributed by atoms with Crippen molar-refractivity contribution in [1.29, 1.82) is 0 Å². The maximum atomic E-state index is 10.6. The fraction of sp³-hybridized carbons (Fsp3) is 0.222. The zero-order valence-corrected chi connectivity index (χ0v) is 10.6. The van der Waals surface area contributed by atoms with Crippen molar-refractivity contribution in [3.05, 3.63) is 37.8 Å². The molecule has 1 N–H and O–H groups in total. The van der Waals surface area contributed by atoms with Gasteiger partial charge in [0.2, 0.25) is 0 Å². The number of allylic oxidation sites excluding steroid dienone is 2. The molecule has 0 bridgehead atoms. The van der Waals surface area contributed by atoms with Crippen molar-refractivity contribution < 1.29 is 61.3 Å². The summed E-state index contributed by atoms with van der Waals surface area (Å²) in [5.41, 5.74) is 0. The summed E-state index contributed by atoms with van der Waals surface area (Å²) in [6.45, 7) is 9.91. The van der Waals surface area contributed by atoms with Crippen molar-refractivity contribution in [2.75, 3.05) is 0 Å². The molecule has 0 aromatic heterocycles. The number of carbonyl (C=O) groups excluding carboxylic acids is 1. The normalized spacial score (nSPS) is 11.8. The van der Waals surface area contributed by atoms with E-state index in [4.69, 9.17) is 11.7 Å². The van der Waals surface area contributed by atoms with Crippen molar-refractivity contribution in [1.82, 2.24) is 0 Å². The molecule has 0 spiro atoms. The van der Waals surface area contributed by atoms with Gasteiger partial charge in [-0.3, -0.25) is 0 Å². The first-order chi connectivity index (χ1) is 5.04. The molecule has 12 heavy (non-hydrogen) atoms. The summed E-state index contributed by atoms with van der Waals surface area (Å²) < 4.78 is 0. The van der Waals surface area contributed by atoms with Crippen molar-refractivity contribution in [3.63, 3.8) is 0 Å². The average Bonchev–Trinajstić information content (AvgIpc) is 1.86. The summed E-state index contributed by atoms with van der Waals surface area (Å²) in [7, 11) is 0. The quantitative estimate of drug-likeness (QED) is 0.258. The number of Topliss-reactive ketones (excluding diaryl/α,β-unsaturated/α-hetero) is 1. The molecule has 0 aromatic carbocycles. The van der Waals surface area contributed by atoms with Gasteiger partial charge in [-0.25, -0.2) is 19.1 Å². The van der Waals surface area contributed by atoms with Gasteiger partial charge in [0.15, 0.2) is 0 Å². The second-order valence-corrected chi connectivity index (χ2v) is 2.19. The van der Waals surface area contributed by atoms with Gasteiger partial charge in [0.25, 0.3) is 0 Å². The predicted octanol–water partition coefficient (Wildman–Crippen LogP) is -1.33. The monoisotopic (exact) mass is 190 g/mol. The first-order valence-corrected chi connectivity index (χ1v) is 3.20. The van der Waals surface area contributed by atoms with Crippen LogP contribution in [0.4, 0.5) is 0 Å². The Labute approximate surface area is 116 Å². The van der Waals surface area contributed by atoms with Crippen LogP contribution in [0.5, 0.6) is 0 Å². The number of aliphatic hydroxyl groups excluding tert-OH is 1. The number of aliphatic hydroxyl groups is 1. The van der Waals surface area contributed by atoms with E-state index in [1.165, 1.54) is 19.1 Å². The van der Waals surface area contributed by atoms with Crippen molar-refractivity contribution in [2.45, 2.75) is 6.92 Å². The minimum atomic E-state index is -0.370. The van der Waals surface area contributed by atoms with Gasteiger partial charge >= 0.3 is 51.4 Å². The molecule has 62 valence electrons. The van der Waals surface area contributed by atoms with Crippen LogP contribution in [0, 0.1) is 25.8 Å². The van der Waals surface area contributed by atoms with Crippen molar-refractivity contribution in [2.24, 2.45) is 5.92 Å². The summed E-state index contributed by atoms with van der Waals surface area (Å²) in [5, 5.41) is 8.49. The fourth-order valence-electron chi connectivity index (χ4n) is 0.424. The summed E-state index contributed by atoms with van der Waals surface area (Å²) in [6.07, 6.45) is 4.35. The van der Waals surface area contributed by atoms with Gasteiger partial charge in [-0.2, -0.15) is 12.0 Å². The molecule has 0 aliphatic carbocycles. The third-order valence-corrected chi connectivity index (χ3v) is 1.13. The zero-order valence-electron chi connectivity index (χ0n) is 7.45. The average molecular weight is 190 g/mol. The second-order valence-electron chi connectivity index (χ2n) is 2.19. The van der Waals surface area contributed by atoms with Gasteiger partial charge in [0.1, 0.15) is 0 Å². The van der Waals surface area contributed by atoms with Crippen LogP contribution in [0.3, 0.4) is 0 Å². The molecular formula is C9H11KO2-2. The molecule has 0 saturated heterocycles. The predicted molar refractivity (Wildman–Crippen MR) is 43.4 cm³/mol. The zero-order chi connectivity index (χ0) is 8.85. The molecule has 0 fully saturated rings. The molecule has 1 atom stereocenters. The Hall–Kier alpha value is 0.456. The smallest absolute Gasteiger partial charge is 0.547 e. The topological polar surface area (TPSA) is 37.3 Å². The fourth-order valence-corrected chi connectivity index (χ4v) is 0.424. The Morgan fingerprint density at radius 3 is 2.58 bits per heavy atom. The summed E-state index contributed by atoms with van der Waals surface area (Å²) in [6, 6.07) is 0. The van der Waals surface area contributed by atoms with Crippen LogP contribution >= 0.6 is 0 Å². The van der Waals surface area contributed by atoms with Crippen molar-refractivity contribution >= 4 is 5.78 Å². The van der Waals surface area contributed by atoms with Crippen LogP contribution in [0.25, 0.3) is 0 Å². The maximum Gasteiger partial charge on any atom is 1.00 e. The molecule has 0 aromatic rings. The minimum Gasteiger partial charge on any atom is -0.547 e. The van der Waals surface area contributed by atoms with Gasteiger partial charge < -0.3 is 16.8 Å². The number of rotatable bonds is 4. The standard InChI is InChI=1S/C9H11O2.K/c1-7(9(3)11)5-4-6-8(2)10;/h2,4-7,10H,1H2,3H3;/q-3;+1. The van der Waals surface area contributed by atoms with Crippen LogP contribution in [0.2, 0.25) is 0 Å². The van der Waals surface area contributed by atoms with E-state index in [9.17, 15) is 4.79 Å². The Kier molecular flexibility index (Phi) is 10.1. The molecule has 3 heteroatoms. The minimum absolute atomic E-state index is 0. The van der Waals surface area contributed by atoms with E-state index in [2.05, 4.69) is 6.92 Å². The van der Waals surface area contributed by atoms with Gasteiger partial charge in [-0.15, -0.1) is 0 Å². The third kappa shape index (κ3) is 8.55. The Bertz CT molecular complexity index is 185. The number of hydrogen-bond acceptors (Lipinski definition) is 2. The van der Waals surface area contributed by atoms with Gasteiger partial charge in [0.05, 0.1) is 5.78 Å². The first kappa shape index (κ1) is 15.0. The molecule has 0 saturated carbocycles. The largest absolute Gasteiger partial charge is 1.00 e. The van der Waals surface area contributed by atoms with Gasteiger partial charge in [0, 0.05) is 0 Å². The Morgan fingerprint density at radius 2 is 2.25 bits per heavy atom. The van der Waals surface area contributed by atoms with E-state index in [0.717, 1.165) is 0 Å². The number of hydrogen-bond donors (Lipinski definition) is 1. The molecular weight excluding hydrogens is 179 g/mol. The van der Waals surface area contributed by atoms with Crippen LogP contribution < -0.4 is 51.4 Å². The second kappa shape index (κ2) is 8.07. The first-order valence-electron chi connectivity index (χ1n) is 3.20. The van der Waals surface area contributed by atoms with Gasteiger partial charge in [-0.1, -0.05) is 5.76 Å². The molecule has 0 radical (unpaired) electrons. The number of ketones is 1. The third-order valence-electron chi connectivity index (χ3n) is 1.13. The molecule has 0 aliphatic rings. The van der Waals surface area contributed by atoms with Crippen LogP contribution in [-0.4, -0.2) is 10.9 Å². The summed E-state index contributed by atoms with van der Waals surface area (Å²) in [4.78, 5) is 10.6. The number of carbonyl (C=O) groups is 1. The van der Waals surface area contributed by atoms with Gasteiger partial charge in [-0.05, 0) is 6.92 Å². The Morgan fingerprint density at radius 1 is 1.75 bits per heavy atom. The van der Waals surface area contributed by atoms with Crippen molar-refractivity contribution in [3.8, 4) is 0 Å². The molecule has 2 nitrogen and oxygen atoms in total. The summed E-state index contributed by atoms with van der Waals surface area (Å²) in [5.74, 6) is -0.672. The SMILES string of the molecule is [CH-]=C(O)C=C[CH-]C([CH2-])C(C)=O.[K+]. The summed E-state index contributed by atoms with van der Waals surface area (Å²) >= 11 is 0. The Balaban J connectivity index is 0. The van der Waals surface area contributed by atoms with Crippen LogP contribution in [0.1, 0.15) is 6.92 Å². The van der Waals surface area contributed by atoms with E-state index >= 15 is 0 Å². The molecule has 0 aliphatic heterocycles. The molecule has 0 rings (SSSR count). The maximum absolute atomic E-state index is 10.6. The molecule has 1 unspecified atom stereocenters. The molecule has 0 heterocycles. The van der Waals surface area contributed by atoms with E-state index < -0.39 is 0 Å². The van der Waals surface area contributed by atoms with E-state index in [1.54, 1.807) is 6.42 Å².